The van der Waals surface area contributed by atoms with Crippen LogP contribution in [0, 0.1) is 0 Å². The van der Waals surface area contributed by atoms with Crippen LogP contribution in [-0.2, 0) is 22.9 Å². The van der Waals surface area contributed by atoms with Gasteiger partial charge in [0.1, 0.15) is 0 Å². The highest BCUT2D eigenvalue weighted by atomic mass is 32.2. The van der Waals surface area contributed by atoms with Crippen molar-refractivity contribution in [2.45, 2.75) is 37.5 Å². The van der Waals surface area contributed by atoms with Crippen LogP contribution in [0.3, 0.4) is 0 Å². The second kappa shape index (κ2) is 5.38. The molecule has 0 radical (unpaired) electrons. The van der Waals surface area contributed by atoms with Gasteiger partial charge in [-0.2, -0.15) is 0 Å². The highest BCUT2D eigenvalue weighted by molar-refractivity contribution is 7.90. The third kappa shape index (κ3) is 2.74. The van der Waals surface area contributed by atoms with Crippen LogP contribution in [0.2, 0.25) is 0 Å². The van der Waals surface area contributed by atoms with Crippen molar-refractivity contribution >= 4 is 10.0 Å². The first-order valence-corrected chi connectivity index (χ1v) is 7.89. The lowest BCUT2D eigenvalue weighted by Crippen LogP contribution is -2.44. The molecular weight excluding hydrogens is 248 g/mol. The molecule has 1 atom stereocenters. The normalized spacial score (nSPS) is 17.7. The highest BCUT2D eigenvalue weighted by Gasteiger charge is 2.29. The molecule has 18 heavy (non-hydrogen) atoms. The third-order valence-corrected chi connectivity index (χ3v) is 5.60. The van der Waals surface area contributed by atoms with Crippen LogP contribution in [-0.4, -0.2) is 26.3 Å². The Morgan fingerprint density at radius 2 is 1.89 bits per heavy atom. The molecule has 2 rings (SSSR count). The molecule has 1 unspecified atom stereocenters. The van der Waals surface area contributed by atoms with Gasteiger partial charge in [-0.3, -0.25) is 0 Å². The molecule has 0 bridgehead atoms. The smallest absolute Gasteiger partial charge is 0.215 e. The Labute approximate surface area is 109 Å². The molecule has 0 saturated carbocycles. The number of fused-ring (bicyclic) bond motifs is 1. The molecular formula is C13H20N2O2S. The molecule has 0 aromatic heterocycles. The summed E-state index contributed by atoms with van der Waals surface area (Å²) in [5.74, 6) is 0. The van der Waals surface area contributed by atoms with Gasteiger partial charge < -0.3 is 5.73 Å². The Bertz CT molecular complexity index is 484. The number of nitrogens with one attached hydrogen (secondary N) is 1. The highest BCUT2D eigenvalue weighted by Crippen LogP contribution is 2.22. The predicted octanol–water partition coefficient (Wildman–Crippen LogP) is 0.811. The molecule has 0 amide bonds. The van der Waals surface area contributed by atoms with E-state index in [-0.39, 0.29) is 12.6 Å². The maximum atomic E-state index is 12.1. The van der Waals surface area contributed by atoms with Crippen LogP contribution in [0.5, 0.6) is 0 Å². The van der Waals surface area contributed by atoms with Crippen molar-refractivity contribution in [3.05, 3.63) is 35.4 Å². The fourth-order valence-corrected chi connectivity index (χ4v) is 4.00. The Hall–Kier alpha value is -0.910. The fourth-order valence-electron chi connectivity index (χ4n) is 2.48. The molecule has 100 valence electrons. The summed E-state index contributed by atoms with van der Waals surface area (Å²) in [5, 5.41) is -0.485. The minimum atomic E-state index is -3.30. The van der Waals surface area contributed by atoms with Gasteiger partial charge in [0, 0.05) is 12.6 Å². The zero-order chi connectivity index (χ0) is 13.2. The molecule has 0 fully saturated rings. The second-order valence-electron chi connectivity index (χ2n) is 4.80. The number of rotatable bonds is 5. The number of hydrogen-bond donors (Lipinski definition) is 2. The first-order valence-electron chi connectivity index (χ1n) is 6.34. The van der Waals surface area contributed by atoms with E-state index in [1.165, 1.54) is 11.1 Å². The molecule has 3 N–H and O–H groups in total. The average molecular weight is 268 g/mol. The zero-order valence-electron chi connectivity index (χ0n) is 10.6. The quantitative estimate of drug-likeness (QED) is 0.830. The van der Waals surface area contributed by atoms with Crippen LogP contribution in [0.25, 0.3) is 0 Å². The minimum absolute atomic E-state index is 0.0204. The van der Waals surface area contributed by atoms with E-state index in [9.17, 15) is 8.42 Å². The van der Waals surface area contributed by atoms with Gasteiger partial charge in [-0.15, -0.1) is 0 Å². The number of benzene rings is 1. The van der Waals surface area contributed by atoms with Gasteiger partial charge in [-0.25, -0.2) is 13.1 Å². The summed E-state index contributed by atoms with van der Waals surface area (Å²) in [4.78, 5) is 0. The number of nitrogens with two attached hydrogens (primary N) is 1. The van der Waals surface area contributed by atoms with Crippen molar-refractivity contribution in [2.24, 2.45) is 5.73 Å². The first-order chi connectivity index (χ1) is 8.56. The molecule has 0 saturated heterocycles. The molecule has 0 aliphatic heterocycles. The number of sulfonamides is 1. The minimum Gasteiger partial charge on any atom is -0.329 e. The van der Waals surface area contributed by atoms with Crippen LogP contribution in [0.1, 0.15) is 24.5 Å². The fraction of sp³-hybridized carbons (Fsp3) is 0.538. The Morgan fingerprint density at radius 3 is 2.33 bits per heavy atom. The van der Waals surface area contributed by atoms with E-state index in [4.69, 9.17) is 5.73 Å². The molecule has 1 aromatic carbocycles. The van der Waals surface area contributed by atoms with E-state index in [1.54, 1.807) is 0 Å². The largest absolute Gasteiger partial charge is 0.329 e. The van der Waals surface area contributed by atoms with Gasteiger partial charge in [0.05, 0.1) is 5.25 Å². The average Bonchev–Trinajstić information content (AvgIpc) is 2.71. The van der Waals surface area contributed by atoms with Gasteiger partial charge >= 0.3 is 0 Å². The van der Waals surface area contributed by atoms with E-state index < -0.39 is 15.3 Å². The van der Waals surface area contributed by atoms with Gasteiger partial charge in [-0.05, 0) is 30.4 Å². The van der Waals surface area contributed by atoms with Gasteiger partial charge in [0.25, 0.3) is 0 Å². The van der Waals surface area contributed by atoms with E-state index in [1.807, 2.05) is 19.1 Å². The summed E-state index contributed by atoms with van der Waals surface area (Å²) in [7, 11) is -3.30. The lowest BCUT2D eigenvalue weighted by atomic mass is 10.1. The monoisotopic (exact) mass is 268 g/mol. The summed E-state index contributed by atoms with van der Waals surface area (Å²) in [6.07, 6.45) is 2.10. The molecule has 1 aromatic rings. The van der Waals surface area contributed by atoms with Crippen molar-refractivity contribution in [1.29, 1.82) is 0 Å². The van der Waals surface area contributed by atoms with E-state index in [2.05, 4.69) is 16.9 Å². The molecule has 5 heteroatoms. The zero-order valence-corrected chi connectivity index (χ0v) is 11.4. The SMILES string of the molecule is CCC(CN)S(=O)(=O)NC1Cc2ccccc2C1. The van der Waals surface area contributed by atoms with Crippen molar-refractivity contribution in [3.63, 3.8) is 0 Å². The summed E-state index contributed by atoms with van der Waals surface area (Å²) in [5.41, 5.74) is 7.99. The van der Waals surface area contributed by atoms with Crippen LogP contribution < -0.4 is 10.5 Å². The molecule has 1 aliphatic rings. The van der Waals surface area contributed by atoms with E-state index in [0.717, 1.165) is 12.8 Å². The van der Waals surface area contributed by atoms with Crippen LogP contribution in [0.4, 0.5) is 0 Å². The maximum Gasteiger partial charge on any atom is 0.215 e. The second-order valence-corrected chi connectivity index (χ2v) is 6.80. The molecule has 1 aliphatic carbocycles. The molecule has 0 heterocycles. The summed E-state index contributed by atoms with van der Waals surface area (Å²) in [6, 6.07) is 8.08. The summed E-state index contributed by atoms with van der Waals surface area (Å²) in [6.45, 7) is 2.02. The Morgan fingerprint density at radius 1 is 1.33 bits per heavy atom. The van der Waals surface area contributed by atoms with E-state index >= 15 is 0 Å². The topological polar surface area (TPSA) is 72.2 Å². The third-order valence-electron chi connectivity index (χ3n) is 3.54. The van der Waals surface area contributed by atoms with Crippen molar-refractivity contribution in [2.75, 3.05) is 6.54 Å². The standard InChI is InChI=1S/C13H20N2O2S/c1-2-13(9-14)18(16,17)15-12-7-10-5-3-4-6-11(10)8-12/h3-6,12-13,15H,2,7-9,14H2,1H3. The van der Waals surface area contributed by atoms with Gasteiger partial charge in [0.15, 0.2) is 0 Å². The summed E-state index contributed by atoms with van der Waals surface area (Å²) >= 11 is 0. The first kappa shape index (κ1) is 13.5. The Kier molecular flexibility index (Phi) is 4.04. The van der Waals surface area contributed by atoms with Crippen molar-refractivity contribution in [1.82, 2.24) is 4.72 Å². The predicted molar refractivity (Wildman–Crippen MR) is 72.8 cm³/mol. The molecule has 0 spiro atoms. The van der Waals surface area contributed by atoms with E-state index in [0.29, 0.717) is 6.42 Å². The summed E-state index contributed by atoms with van der Waals surface area (Å²) < 4.78 is 27.0. The van der Waals surface area contributed by atoms with Crippen LogP contribution in [0.15, 0.2) is 24.3 Å². The lowest BCUT2D eigenvalue weighted by Gasteiger charge is -2.18. The maximum absolute atomic E-state index is 12.1. The van der Waals surface area contributed by atoms with Crippen molar-refractivity contribution < 1.29 is 8.42 Å². The van der Waals surface area contributed by atoms with Gasteiger partial charge in [-0.1, -0.05) is 31.2 Å². The lowest BCUT2D eigenvalue weighted by molar-refractivity contribution is 0.538. The van der Waals surface area contributed by atoms with Crippen LogP contribution >= 0.6 is 0 Å². The van der Waals surface area contributed by atoms with Crippen molar-refractivity contribution in [3.8, 4) is 0 Å². The molecule has 4 nitrogen and oxygen atoms in total. The van der Waals surface area contributed by atoms with Gasteiger partial charge in [0.2, 0.25) is 10.0 Å². The Balaban J connectivity index is 2.05. The number of hydrogen-bond acceptors (Lipinski definition) is 3.